The maximum Gasteiger partial charge on any atom is 0.191 e. The number of rotatable bonds is 7. The molecule has 0 bridgehead atoms. The normalized spacial score (nSPS) is 20.3. The first kappa shape index (κ1) is 19.9. The van der Waals surface area contributed by atoms with Gasteiger partial charge in [0.05, 0.1) is 13.2 Å². The van der Waals surface area contributed by atoms with Crippen molar-refractivity contribution in [2.75, 3.05) is 39.5 Å². The Labute approximate surface area is 161 Å². The molecular formula is C20H31FN4O2. The van der Waals surface area contributed by atoms with Crippen molar-refractivity contribution in [2.24, 2.45) is 4.99 Å². The minimum Gasteiger partial charge on any atom is -0.467 e. The summed E-state index contributed by atoms with van der Waals surface area (Å²) >= 11 is 0. The van der Waals surface area contributed by atoms with Gasteiger partial charge >= 0.3 is 0 Å². The molecule has 0 aromatic heterocycles. The van der Waals surface area contributed by atoms with Gasteiger partial charge in [-0.2, -0.15) is 0 Å². The molecule has 0 amide bonds. The van der Waals surface area contributed by atoms with E-state index < -0.39 is 0 Å². The van der Waals surface area contributed by atoms with Crippen molar-refractivity contribution in [1.29, 1.82) is 0 Å². The van der Waals surface area contributed by atoms with Crippen LogP contribution >= 0.6 is 0 Å². The summed E-state index contributed by atoms with van der Waals surface area (Å²) in [5.74, 6) is 1.32. The summed E-state index contributed by atoms with van der Waals surface area (Å²) in [5.41, 5.74) is 1.64. The van der Waals surface area contributed by atoms with Crippen LogP contribution in [0.25, 0.3) is 0 Å². The van der Waals surface area contributed by atoms with Gasteiger partial charge in [0.1, 0.15) is 11.6 Å². The van der Waals surface area contributed by atoms with E-state index in [-0.39, 0.29) is 12.6 Å². The molecule has 1 aromatic carbocycles. The van der Waals surface area contributed by atoms with Crippen molar-refractivity contribution in [3.05, 3.63) is 29.1 Å². The van der Waals surface area contributed by atoms with E-state index in [0.717, 1.165) is 42.5 Å². The standard InChI is InChI=1S/C20H31FN4O2/c1-3-22-20(24-12-18-6-5-9-25(18)4-2)23-8-7-15-10-17(21)11-16-13-26-14-27-19(15)16/h10-11,18H,3-9,12-14H2,1-2H3,(H2,22,23,24). The van der Waals surface area contributed by atoms with Crippen LogP contribution in [0.2, 0.25) is 0 Å². The summed E-state index contributed by atoms with van der Waals surface area (Å²) in [6, 6.07) is 3.57. The van der Waals surface area contributed by atoms with Crippen LogP contribution in [0.1, 0.15) is 37.8 Å². The van der Waals surface area contributed by atoms with E-state index in [1.54, 1.807) is 6.07 Å². The number of nitrogens with one attached hydrogen (secondary N) is 2. The third-order valence-corrected chi connectivity index (χ3v) is 5.15. The summed E-state index contributed by atoms with van der Waals surface area (Å²) < 4.78 is 24.7. The lowest BCUT2D eigenvalue weighted by Gasteiger charge is -2.22. The van der Waals surface area contributed by atoms with E-state index in [4.69, 9.17) is 14.5 Å². The van der Waals surface area contributed by atoms with Crippen molar-refractivity contribution in [3.63, 3.8) is 0 Å². The predicted octanol–water partition coefficient (Wildman–Crippen LogP) is 2.27. The Morgan fingerprint density at radius 3 is 3.04 bits per heavy atom. The number of hydrogen-bond acceptors (Lipinski definition) is 4. The van der Waals surface area contributed by atoms with Gasteiger partial charge in [-0.3, -0.25) is 9.89 Å². The molecule has 2 aliphatic rings. The van der Waals surface area contributed by atoms with E-state index in [1.807, 2.05) is 0 Å². The smallest absolute Gasteiger partial charge is 0.191 e. The van der Waals surface area contributed by atoms with E-state index >= 15 is 0 Å². The second-order valence-electron chi connectivity index (χ2n) is 6.98. The molecule has 0 spiro atoms. The lowest BCUT2D eigenvalue weighted by molar-refractivity contribution is -0.0172. The number of ether oxygens (including phenoxy) is 2. The highest BCUT2D eigenvalue weighted by atomic mass is 19.1. The topological polar surface area (TPSA) is 58.1 Å². The molecule has 150 valence electrons. The fraction of sp³-hybridized carbons (Fsp3) is 0.650. The molecule has 27 heavy (non-hydrogen) atoms. The molecule has 1 saturated heterocycles. The first-order valence-electron chi connectivity index (χ1n) is 9.99. The number of halogens is 1. The molecule has 2 aliphatic heterocycles. The van der Waals surface area contributed by atoms with Crippen LogP contribution in [-0.2, 0) is 17.8 Å². The Morgan fingerprint density at radius 1 is 1.33 bits per heavy atom. The third-order valence-electron chi connectivity index (χ3n) is 5.15. The first-order chi connectivity index (χ1) is 13.2. The van der Waals surface area contributed by atoms with Crippen LogP contribution in [0, 0.1) is 5.82 Å². The molecule has 2 N–H and O–H groups in total. The van der Waals surface area contributed by atoms with Gasteiger partial charge in [0, 0.05) is 24.7 Å². The maximum atomic E-state index is 13.9. The summed E-state index contributed by atoms with van der Waals surface area (Å²) in [7, 11) is 0. The number of nitrogens with zero attached hydrogens (tertiary/aromatic N) is 2. The SMILES string of the molecule is CCNC(=NCC1CCCN1CC)NCCc1cc(F)cc2c1OCOC2. The number of likely N-dealkylation sites (N-methyl/N-ethyl adjacent to an activating group) is 1. The maximum absolute atomic E-state index is 13.9. The molecule has 0 aliphatic carbocycles. The van der Waals surface area contributed by atoms with E-state index in [0.29, 0.717) is 25.6 Å². The van der Waals surface area contributed by atoms with Crippen molar-refractivity contribution in [2.45, 2.75) is 45.8 Å². The number of fused-ring (bicyclic) bond motifs is 1. The van der Waals surface area contributed by atoms with E-state index in [9.17, 15) is 4.39 Å². The number of benzene rings is 1. The highest BCUT2D eigenvalue weighted by molar-refractivity contribution is 5.79. The Hall–Kier alpha value is -1.86. The van der Waals surface area contributed by atoms with Gasteiger partial charge in [0.25, 0.3) is 0 Å². The van der Waals surface area contributed by atoms with Crippen molar-refractivity contribution >= 4 is 5.96 Å². The number of hydrogen-bond donors (Lipinski definition) is 2. The van der Waals surface area contributed by atoms with Gasteiger partial charge in [-0.05, 0) is 57.0 Å². The molecule has 1 aromatic rings. The largest absolute Gasteiger partial charge is 0.467 e. The predicted molar refractivity (Wildman–Crippen MR) is 105 cm³/mol. The molecule has 7 heteroatoms. The van der Waals surface area contributed by atoms with E-state index in [1.165, 1.54) is 25.5 Å². The molecular weight excluding hydrogens is 347 g/mol. The molecule has 0 saturated carbocycles. The summed E-state index contributed by atoms with van der Waals surface area (Å²) in [6.45, 7) is 9.41. The summed E-state index contributed by atoms with van der Waals surface area (Å²) in [4.78, 5) is 7.25. The molecule has 2 heterocycles. The summed E-state index contributed by atoms with van der Waals surface area (Å²) in [5, 5.41) is 6.66. The Bertz CT molecular complexity index is 653. The molecule has 1 unspecified atom stereocenters. The molecule has 3 rings (SSSR count). The van der Waals surface area contributed by atoms with Crippen LogP contribution in [0.3, 0.4) is 0 Å². The number of likely N-dealkylation sites (tertiary alicyclic amines) is 1. The molecule has 0 radical (unpaired) electrons. The third kappa shape index (κ3) is 5.32. The van der Waals surface area contributed by atoms with Gasteiger partial charge in [-0.1, -0.05) is 6.92 Å². The second kappa shape index (κ2) is 9.90. The minimum atomic E-state index is -0.251. The molecule has 6 nitrogen and oxygen atoms in total. The van der Waals surface area contributed by atoms with Crippen molar-refractivity contribution in [1.82, 2.24) is 15.5 Å². The Balaban J connectivity index is 1.57. The second-order valence-corrected chi connectivity index (χ2v) is 6.98. The fourth-order valence-corrected chi connectivity index (χ4v) is 3.81. The highest BCUT2D eigenvalue weighted by Gasteiger charge is 2.22. The summed E-state index contributed by atoms with van der Waals surface area (Å²) in [6.07, 6.45) is 3.13. The quantitative estimate of drug-likeness (QED) is 0.563. The van der Waals surface area contributed by atoms with Crippen LogP contribution in [0.5, 0.6) is 5.75 Å². The average Bonchev–Trinajstić information content (AvgIpc) is 3.13. The van der Waals surface area contributed by atoms with Crippen LogP contribution in [-0.4, -0.2) is 56.4 Å². The number of aliphatic imine (C=N–C) groups is 1. The van der Waals surface area contributed by atoms with E-state index in [2.05, 4.69) is 29.4 Å². The van der Waals surface area contributed by atoms with Crippen LogP contribution in [0.4, 0.5) is 4.39 Å². The highest BCUT2D eigenvalue weighted by Crippen LogP contribution is 2.29. The monoisotopic (exact) mass is 378 g/mol. The number of guanidine groups is 1. The zero-order valence-corrected chi connectivity index (χ0v) is 16.4. The van der Waals surface area contributed by atoms with Crippen molar-refractivity contribution in [3.8, 4) is 5.75 Å². The van der Waals surface area contributed by atoms with Gasteiger partial charge < -0.3 is 20.1 Å². The molecule has 1 atom stereocenters. The van der Waals surface area contributed by atoms with Crippen molar-refractivity contribution < 1.29 is 13.9 Å². The van der Waals surface area contributed by atoms with Gasteiger partial charge in [0.15, 0.2) is 12.8 Å². The fourth-order valence-electron chi connectivity index (χ4n) is 3.81. The Morgan fingerprint density at radius 2 is 2.22 bits per heavy atom. The minimum absolute atomic E-state index is 0.221. The lowest BCUT2D eigenvalue weighted by atomic mass is 10.1. The van der Waals surface area contributed by atoms with Gasteiger partial charge in [0.2, 0.25) is 0 Å². The Kier molecular flexibility index (Phi) is 7.29. The van der Waals surface area contributed by atoms with Gasteiger partial charge in [-0.25, -0.2) is 4.39 Å². The first-order valence-corrected chi connectivity index (χ1v) is 9.99. The average molecular weight is 378 g/mol. The zero-order valence-electron chi connectivity index (χ0n) is 16.4. The van der Waals surface area contributed by atoms with Gasteiger partial charge in [-0.15, -0.1) is 0 Å². The van der Waals surface area contributed by atoms with Crippen LogP contribution in [0.15, 0.2) is 17.1 Å². The zero-order chi connectivity index (χ0) is 19.1. The van der Waals surface area contributed by atoms with Crippen LogP contribution < -0.4 is 15.4 Å². The molecule has 1 fully saturated rings. The lowest BCUT2D eigenvalue weighted by Crippen LogP contribution is -2.40.